The molecule has 2 aromatic carbocycles. The molecule has 7 heteroatoms. The van der Waals surface area contributed by atoms with E-state index < -0.39 is 17.9 Å². The number of halogens is 2. The van der Waals surface area contributed by atoms with Gasteiger partial charge in [-0.25, -0.2) is 0 Å². The van der Waals surface area contributed by atoms with Gasteiger partial charge in [0.1, 0.15) is 5.92 Å². The molecule has 0 radical (unpaired) electrons. The number of hydrogen-bond acceptors (Lipinski definition) is 3. The highest BCUT2D eigenvalue weighted by molar-refractivity contribution is 6.30. The first-order valence-electron chi connectivity index (χ1n) is 8.94. The smallest absolute Gasteiger partial charge is 0.313 e. The number of rotatable bonds is 4. The normalized spacial score (nSPS) is 18.4. The minimum absolute atomic E-state index is 0.225. The van der Waals surface area contributed by atoms with Gasteiger partial charge < -0.3 is 10.0 Å². The monoisotopic (exact) mass is 426 g/mol. The molecule has 4 rings (SSSR count). The number of aliphatic carboxylic acids is 1. The number of amides is 1. The molecule has 146 valence electrons. The number of nitrogens with zero attached hydrogens (tertiary/aromatic N) is 2. The number of carbonyl (C=O) groups excluding carboxylic acids is 1. The molecule has 29 heavy (non-hydrogen) atoms. The molecule has 0 bridgehead atoms. The first kappa shape index (κ1) is 19.4. The number of carbonyl (C=O) groups is 2. The molecule has 0 saturated carbocycles. The van der Waals surface area contributed by atoms with Crippen LogP contribution >= 0.6 is 23.2 Å². The lowest BCUT2D eigenvalue weighted by Gasteiger charge is -2.40. The van der Waals surface area contributed by atoms with Crippen molar-refractivity contribution in [1.29, 1.82) is 0 Å². The first-order chi connectivity index (χ1) is 14.0. The molecule has 1 aliphatic heterocycles. The molecule has 0 saturated heterocycles. The van der Waals surface area contributed by atoms with Crippen LogP contribution in [0.4, 0.5) is 0 Å². The van der Waals surface area contributed by atoms with Crippen LogP contribution in [-0.4, -0.2) is 26.9 Å². The average Bonchev–Trinajstić information content (AvgIpc) is 2.72. The Morgan fingerprint density at radius 1 is 1.00 bits per heavy atom. The van der Waals surface area contributed by atoms with Crippen molar-refractivity contribution in [3.8, 4) is 0 Å². The predicted molar refractivity (Wildman–Crippen MR) is 110 cm³/mol. The zero-order valence-electron chi connectivity index (χ0n) is 15.1. The Hall–Kier alpha value is -2.89. The van der Waals surface area contributed by atoms with Crippen molar-refractivity contribution < 1.29 is 14.7 Å². The van der Waals surface area contributed by atoms with Crippen LogP contribution in [0.5, 0.6) is 0 Å². The fraction of sp³-hybridized carbons (Fsp3) is 0.136. The van der Waals surface area contributed by atoms with Crippen molar-refractivity contribution in [1.82, 2.24) is 9.88 Å². The number of benzene rings is 2. The van der Waals surface area contributed by atoms with Crippen LogP contribution in [0.25, 0.3) is 0 Å². The van der Waals surface area contributed by atoms with E-state index in [-0.39, 0.29) is 12.5 Å². The maximum atomic E-state index is 13.4. The summed E-state index contributed by atoms with van der Waals surface area (Å²) in [5, 5.41) is 11.1. The lowest BCUT2D eigenvalue weighted by molar-refractivity contribution is -0.140. The van der Waals surface area contributed by atoms with Gasteiger partial charge in [-0.15, -0.1) is 0 Å². The largest absolute Gasteiger partial charge is 0.481 e. The molecule has 2 unspecified atom stereocenters. The lowest BCUT2D eigenvalue weighted by atomic mass is 9.81. The summed E-state index contributed by atoms with van der Waals surface area (Å²) in [7, 11) is 0. The highest BCUT2D eigenvalue weighted by atomic mass is 35.5. The Kier molecular flexibility index (Phi) is 5.26. The van der Waals surface area contributed by atoms with Crippen LogP contribution < -0.4 is 0 Å². The van der Waals surface area contributed by atoms with E-state index in [2.05, 4.69) is 4.98 Å². The highest BCUT2D eigenvalue weighted by Gasteiger charge is 2.44. The maximum Gasteiger partial charge on any atom is 0.313 e. The van der Waals surface area contributed by atoms with E-state index in [9.17, 15) is 14.7 Å². The molecule has 1 amide bonds. The van der Waals surface area contributed by atoms with E-state index in [1.54, 1.807) is 53.4 Å². The quantitative estimate of drug-likeness (QED) is 0.640. The van der Waals surface area contributed by atoms with Gasteiger partial charge in [0.05, 0.1) is 16.8 Å². The average molecular weight is 427 g/mol. The molecule has 0 fully saturated rings. The number of aromatic nitrogens is 1. The topological polar surface area (TPSA) is 70.5 Å². The van der Waals surface area contributed by atoms with Gasteiger partial charge in [0.25, 0.3) is 5.91 Å². The summed E-state index contributed by atoms with van der Waals surface area (Å²) < 4.78 is 0. The highest BCUT2D eigenvalue weighted by Crippen LogP contribution is 2.43. The van der Waals surface area contributed by atoms with Gasteiger partial charge in [-0.3, -0.25) is 14.6 Å². The van der Waals surface area contributed by atoms with Crippen molar-refractivity contribution in [2.45, 2.75) is 18.5 Å². The van der Waals surface area contributed by atoms with Crippen LogP contribution in [0.1, 0.15) is 39.1 Å². The fourth-order valence-electron chi connectivity index (χ4n) is 3.71. The van der Waals surface area contributed by atoms with Crippen molar-refractivity contribution in [2.75, 3.05) is 0 Å². The Labute approximate surface area is 177 Å². The molecule has 0 spiro atoms. The fourth-order valence-corrected chi connectivity index (χ4v) is 3.95. The lowest BCUT2D eigenvalue weighted by Crippen LogP contribution is -2.44. The van der Waals surface area contributed by atoms with E-state index >= 15 is 0 Å². The number of fused-ring (bicyclic) bond motifs is 1. The van der Waals surface area contributed by atoms with Crippen molar-refractivity contribution in [2.24, 2.45) is 0 Å². The third kappa shape index (κ3) is 3.71. The third-order valence-electron chi connectivity index (χ3n) is 5.02. The van der Waals surface area contributed by atoms with Gasteiger partial charge in [-0.05, 0) is 41.5 Å². The molecule has 1 aromatic heterocycles. The van der Waals surface area contributed by atoms with Crippen molar-refractivity contribution >= 4 is 35.1 Å². The summed E-state index contributed by atoms with van der Waals surface area (Å²) in [6, 6.07) is 16.5. The second-order valence-corrected chi connectivity index (χ2v) is 7.68. The molecule has 3 aromatic rings. The van der Waals surface area contributed by atoms with Crippen LogP contribution in [0.2, 0.25) is 10.0 Å². The Balaban J connectivity index is 1.87. The number of pyridine rings is 1. The van der Waals surface area contributed by atoms with Crippen molar-refractivity contribution in [3.63, 3.8) is 0 Å². The number of carboxylic acid groups (broad SMARTS) is 1. The minimum Gasteiger partial charge on any atom is -0.481 e. The number of hydrogen-bond donors (Lipinski definition) is 1. The van der Waals surface area contributed by atoms with Gasteiger partial charge in [0.2, 0.25) is 0 Å². The van der Waals surface area contributed by atoms with Crippen LogP contribution in [-0.2, 0) is 11.3 Å². The molecule has 2 atom stereocenters. The standard InChI is InChI=1S/C22H16Cl2N2O3/c23-14-7-5-13(6-8-14)12-26-20(18-10-9-15(24)11-25-18)19(22(28)29)16-3-1-2-4-17(16)21(26)27/h1-11,19-20H,12H2,(H,28,29). The zero-order chi connectivity index (χ0) is 20.5. The van der Waals surface area contributed by atoms with Gasteiger partial charge in [-0.2, -0.15) is 0 Å². The summed E-state index contributed by atoms with van der Waals surface area (Å²) in [5.74, 6) is -2.22. The SMILES string of the molecule is O=C(O)C1c2ccccc2C(=O)N(Cc2ccc(Cl)cc2)C1c1ccc(Cl)cn1. The Bertz CT molecular complexity index is 1070. The van der Waals surface area contributed by atoms with Gasteiger partial charge >= 0.3 is 5.97 Å². The third-order valence-corrected chi connectivity index (χ3v) is 5.50. The summed E-state index contributed by atoms with van der Waals surface area (Å²) in [5.41, 5.74) is 2.18. The van der Waals surface area contributed by atoms with E-state index in [0.29, 0.717) is 26.9 Å². The molecule has 2 heterocycles. The second-order valence-electron chi connectivity index (χ2n) is 6.81. The number of carboxylic acids is 1. The molecular formula is C22H16Cl2N2O3. The maximum absolute atomic E-state index is 13.4. The predicted octanol–water partition coefficient (Wildman–Crippen LogP) is 4.95. The Morgan fingerprint density at radius 3 is 2.34 bits per heavy atom. The summed E-state index contributed by atoms with van der Waals surface area (Å²) in [6.07, 6.45) is 1.46. The molecule has 1 aliphatic rings. The first-order valence-corrected chi connectivity index (χ1v) is 9.70. The van der Waals surface area contributed by atoms with Gasteiger partial charge in [0, 0.05) is 23.3 Å². The molecule has 0 aliphatic carbocycles. The van der Waals surface area contributed by atoms with E-state index in [4.69, 9.17) is 23.2 Å². The van der Waals surface area contributed by atoms with E-state index in [1.165, 1.54) is 6.20 Å². The Morgan fingerprint density at radius 2 is 1.69 bits per heavy atom. The van der Waals surface area contributed by atoms with Crippen molar-refractivity contribution in [3.05, 3.63) is 99.3 Å². The summed E-state index contributed by atoms with van der Waals surface area (Å²) in [6.45, 7) is 0.225. The van der Waals surface area contributed by atoms with Gasteiger partial charge in [0.15, 0.2) is 0 Å². The molecular weight excluding hydrogens is 411 g/mol. The van der Waals surface area contributed by atoms with Crippen LogP contribution in [0, 0.1) is 0 Å². The molecule has 1 N–H and O–H groups in total. The van der Waals surface area contributed by atoms with Crippen LogP contribution in [0.3, 0.4) is 0 Å². The second kappa shape index (κ2) is 7.85. The van der Waals surface area contributed by atoms with Gasteiger partial charge in [-0.1, -0.05) is 53.5 Å². The van der Waals surface area contributed by atoms with Crippen LogP contribution in [0.15, 0.2) is 66.9 Å². The molecule has 5 nitrogen and oxygen atoms in total. The summed E-state index contributed by atoms with van der Waals surface area (Å²) >= 11 is 11.9. The summed E-state index contributed by atoms with van der Waals surface area (Å²) in [4.78, 5) is 31.6. The zero-order valence-corrected chi connectivity index (χ0v) is 16.6. The van der Waals surface area contributed by atoms with E-state index in [0.717, 1.165) is 5.56 Å². The minimum atomic E-state index is -1.02. The van der Waals surface area contributed by atoms with E-state index in [1.807, 2.05) is 12.1 Å².